The first-order valence-electron chi connectivity index (χ1n) is 19.9. The van der Waals surface area contributed by atoms with E-state index in [0.717, 1.165) is 44.9 Å². The molecule has 2 atom stereocenters. The van der Waals surface area contributed by atoms with Gasteiger partial charge in [0.25, 0.3) is 0 Å². The number of carbonyl (C=O) groups is 3. The Hall–Kier alpha value is -2.97. The number of likely N-dealkylation sites (N-methyl/N-ethyl adjacent to an activating group) is 1. The summed E-state index contributed by atoms with van der Waals surface area (Å²) in [6.07, 6.45) is 39.6. The second kappa shape index (κ2) is 34.1. The number of allylic oxidation sites excluding steroid dienone is 10. The van der Waals surface area contributed by atoms with E-state index in [0.29, 0.717) is 12.8 Å². The van der Waals surface area contributed by atoms with Crippen LogP contribution in [0, 0.1) is 0 Å². The second-order valence-corrected chi connectivity index (χ2v) is 14.3. The third-order valence-corrected chi connectivity index (χ3v) is 8.55. The molecule has 0 aliphatic carbocycles. The second-order valence-electron chi connectivity index (χ2n) is 14.3. The van der Waals surface area contributed by atoms with Gasteiger partial charge in [-0.1, -0.05) is 152 Å². The summed E-state index contributed by atoms with van der Waals surface area (Å²) in [6, 6.07) is -0.734. The molecule has 8 heteroatoms. The summed E-state index contributed by atoms with van der Waals surface area (Å²) in [7, 11) is 5.38. The molecule has 0 fully saturated rings. The van der Waals surface area contributed by atoms with Gasteiger partial charge in [0.05, 0.1) is 40.3 Å². The van der Waals surface area contributed by atoms with Gasteiger partial charge in [0.15, 0.2) is 6.10 Å². The van der Waals surface area contributed by atoms with Gasteiger partial charge in [-0.2, -0.15) is 0 Å². The number of aliphatic carboxylic acids is 1. The van der Waals surface area contributed by atoms with E-state index >= 15 is 0 Å². The number of unbranched alkanes of at least 4 members (excludes halogenated alkanes) is 14. The third kappa shape index (κ3) is 32.7. The number of rotatable bonds is 34. The molecular weight excluding hydrogens is 642 g/mol. The highest BCUT2D eigenvalue weighted by Gasteiger charge is 2.25. The molecule has 0 N–H and O–H groups in total. The van der Waals surface area contributed by atoms with Crippen molar-refractivity contribution in [2.24, 2.45) is 0 Å². The van der Waals surface area contributed by atoms with Crippen molar-refractivity contribution in [3.8, 4) is 0 Å². The maximum absolute atomic E-state index is 12.6. The van der Waals surface area contributed by atoms with Crippen molar-refractivity contribution in [2.75, 3.05) is 41.0 Å². The topological polar surface area (TPSA) is 102 Å². The predicted molar refractivity (Wildman–Crippen MR) is 208 cm³/mol. The van der Waals surface area contributed by atoms with Gasteiger partial charge in [-0.25, -0.2) is 0 Å². The fourth-order valence-corrected chi connectivity index (χ4v) is 5.44. The average Bonchev–Trinajstić information content (AvgIpc) is 3.08. The summed E-state index contributed by atoms with van der Waals surface area (Å²) in [5, 5.41) is 11.6. The summed E-state index contributed by atoms with van der Waals surface area (Å²) >= 11 is 0. The standard InChI is InChI=1S/C43H73NO7/c1-6-8-10-12-14-16-18-20-21-22-24-26-28-30-32-34-42(46)51-39(37-49-36-35-40(43(47)48)44(3,4)5)38-50-41(45)33-31-29-27-25-23-19-17-15-13-11-9-7-2/h8,10,12,14,16,18,20-22,24,39-40H,6-7,9,11,13,15,17,19,23,25-38H2,1-5H3/b10-8+,14-12+,18-16+,21-20+,24-22+. The number of hydrogen-bond donors (Lipinski definition) is 0. The number of hydrogen-bond acceptors (Lipinski definition) is 7. The van der Waals surface area contributed by atoms with Crippen LogP contribution in [0.3, 0.4) is 0 Å². The number of carbonyl (C=O) groups excluding carboxylic acids is 3. The lowest BCUT2D eigenvalue weighted by Gasteiger charge is -2.34. The van der Waals surface area contributed by atoms with Crippen molar-refractivity contribution in [3.05, 3.63) is 60.8 Å². The quantitative estimate of drug-likeness (QED) is 0.0284. The van der Waals surface area contributed by atoms with E-state index in [2.05, 4.69) is 26.0 Å². The molecule has 0 radical (unpaired) electrons. The first-order valence-corrected chi connectivity index (χ1v) is 19.9. The average molecular weight is 716 g/mol. The minimum absolute atomic E-state index is 0.0221. The van der Waals surface area contributed by atoms with Crippen LogP contribution in [-0.2, 0) is 28.6 Å². The van der Waals surface area contributed by atoms with E-state index in [1.165, 1.54) is 57.8 Å². The van der Waals surface area contributed by atoms with E-state index in [4.69, 9.17) is 14.2 Å². The lowest BCUT2D eigenvalue weighted by atomic mass is 10.0. The van der Waals surface area contributed by atoms with Gasteiger partial charge in [0.2, 0.25) is 0 Å². The van der Waals surface area contributed by atoms with Crippen LogP contribution in [0.1, 0.15) is 142 Å². The normalized spacial score (nSPS) is 13.7. The summed E-state index contributed by atoms with van der Waals surface area (Å²) in [5.41, 5.74) is 0. The van der Waals surface area contributed by atoms with Crippen LogP contribution < -0.4 is 5.11 Å². The molecular formula is C43H73NO7. The van der Waals surface area contributed by atoms with Crippen LogP contribution in [-0.4, -0.2) is 75.5 Å². The Balaban J connectivity index is 4.51. The number of quaternary nitrogens is 1. The Labute approximate surface area is 311 Å². The Kier molecular flexibility index (Phi) is 32.1. The molecule has 0 saturated heterocycles. The minimum Gasteiger partial charge on any atom is -0.544 e. The zero-order valence-electron chi connectivity index (χ0n) is 33.0. The van der Waals surface area contributed by atoms with Crippen molar-refractivity contribution in [2.45, 2.75) is 154 Å². The minimum atomic E-state index is -1.14. The maximum atomic E-state index is 12.6. The Morgan fingerprint density at radius 3 is 1.63 bits per heavy atom. The molecule has 0 aromatic carbocycles. The molecule has 0 aromatic rings. The summed E-state index contributed by atoms with van der Waals surface area (Å²) in [6.45, 7) is 4.45. The van der Waals surface area contributed by atoms with Gasteiger partial charge in [0.1, 0.15) is 12.6 Å². The van der Waals surface area contributed by atoms with E-state index in [9.17, 15) is 19.5 Å². The van der Waals surface area contributed by atoms with Crippen LogP contribution in [0.25, 0.3) is 0 Å². The van der Waals surface area contributed by atoms with Crippen LogP contribution in [0.15, 0.2) is 60.8 Å². The van der Waals surface area contributed by atoms with Crippen molar-refractivity contribution < 1.29 is 38.2 Å². The highest BCUT2D eigenvalue weighted by atomic mass is 16.6. The van der Waals surface area contributed by atoms with Gasteiger partial charge in [0, 0.05) is 19.3 Å². The smallest absolute Gasteiger partial charge is 0.306 e. The molecule has 0 aromatic heterocycles. The first-order chi connectivity index (χ1) is 24.6. The largest absolute Gasteiger partial charge is 0.544 e. The van der Waals surface area contributed by atoms with E-state index in [1.54, 1.807) is 21.1 Å². The Bertz CT molecular complexity index is 1020. The SMILES string of the molecule is CC/C=C/C=C/C=C/C=C/C=C/CCCCCC(=O)OC(COCCC(C(=O)[O-])[N+](C)(C)C)COC(=O)CCCCCCCCCCCCCC. The molecule has 292 valence electrons. The van der Waals surface area contributed by atoms with Crippen molar-refractivity contribution in [3.63, 3.8) is 0 Å². The molecule has 0 saturated carbocycles. The van der Waals surface area contributed by atoms with Gasteiger partial charge in [-0.15, -0.1) is 0 Å². The van der Waals surface area contributed by atoms with E-state index in [1.807, 2.05) is 48.6 Å². The highest BCUT2D eigenvalue weighted by molar-refractivity contribution is 5.70. The molecule has 2 unspecified atom stereocenters. The van der Waals surface area contributed by atoms with E-state index in [-0.39, 0.29) is 49.1 Å². The predicted octanol–water partition coefficient (Wildman–Crippen LogP) is 8.91. The third-order valence-electron chi connectivity index (χ3n) is 8.55. The molecule has 51 heavy (non-hydrogen) atoms. The van der Waals surface area contributed by atoms with Gasteiger partial charge >= 0.3 is 11.9 Å². The Morgan fingerprint density at radius 2 is 1.10 bits per heavy atom. The monoisotopic (exact) mass is 716 g/mol. The van der Waals surface area contributed by atoms with Gasteiger partial charge < -0.3 is 28.6 Å². The molecule has 8 nitrogen and oxygen atoms in total. The molecule has 0 spiro atoms. The van der Waals surface area contributed by atoms with Crippen molar-refractivity contribution >= 4 is 17.9 Å². The number of ether oxygens (including phenoxy) is 3. The lowest BCUT2D eigenvalue weighted by molar-refractivity contribution is -0.889. The zero-order chi connectivity index (χ0) is 37.8. The Morgan fingerprint density at radius 1 is 0.608 bits per heavy atom. The molecule has 0 bridgehead atoms. The van der Waals surface area contributed by atoms with Crippen LogP contribution in [0.2, 0.25) is 0 Å². The summed E-state index contributed by atoms with van der Waals surface area (Å²) in [5.74, 6) is -1.80. The van der Waals surface area contributed by atoms with Crippen LogP contribution in [0.5, 0.6) is 0 Å². The molecule has 0 rings (SSSR count). The number of nitrogens with zero attached hydrogens (tertiary/aromatic N) is 1. The van der Waals surface area contributed by atoms with Crippen LogP contribution in [0.4, 0.5) is 0 Å². The summed E-state index contributed by atoms with van der Waals surface area (Å²) < 4.78 is 17.1. The fourth-order valence-electron chi connectivity index (χ4n) is 5.44. The van der Waals surface area contributed by atoms with Crippen molar-refractivity contribution in [1.82, 2.24) is 0 Å². The zero-order valence-corrected chi connectivity index (χ0v) is 33.0. The number of carboxylic acid groups (broad SMARTS) is 1. The number of esters is 2. The number of carboxylic acids is 1. The van der Waals surface area contributed by atoms with E-state index < -0.39 is 18.1 Å². The summed E-state index contributed by atoms with van der Waals surface area (Å²) in [4.78, 5) is 36.7. The molecule has 0 heterocycles. The molecule has 0 amide bonds. The molecule has 0 aliphatic heterocycles. The van der Waals surface area contributed by atoms with Crippen LogP contribution >= 0.6 is 0 Å². The highest BCUT2D eigenvalue weighted by Crippen LogP contribution is 2.14. The maximum Gasteiger partial charge on any atom is 0.306 e. The van der Waals surface area contributed by atoms with Gasteiger partial charge in [-0.05, 0) is 32.1 Å². The lowest BCUT2D eigenvalue weighted by Crippen LogP contribution is -2.55. The van der Waals surface area contributed by atoms with Gasteiger partial charge in [-0.3, -0.25) is 9.59 Å². The first kappa shape index (κ1) is 48.0. The molecule has 0 aliphatic rings. The fraction of sp³-hybridized carbons (Fsp3) is 0.698. The van der Waals surface area contributed by atoms with Crippen molar-refractivity contribution in [1.29, 1.82) is 0 Å².